The van der Waals surface area contributed by atoms with E-state index in [1.165, 1.54) is 16.4 Å². The highest BCUT2D eigenvalue weighted by Gasteiger charge is 2.30. The highest BCUT2D eigenvalue weighted by Crippen LogP contribution is 2.30. The monoisotopic (exact) mass is 448 g/mol. The fraction of sp³-hybridized carbons (Fsp3) is 0.278. The lowest BCUT2D eigenvalue weighted by molar-refractivity contribution is -0.137. The lowest BCUT2D eigenvalue weighted by Gasteiger charge is -2.26. The number of sulfonamides is 1. The Hall–Kier alpha value is -2.14. The molecule has 0 spiro atoms. The molecule has 1 aliphatic rings. The lowest BCUT2D eigenvalue weighted by Crippen LogP contribution is -2.40. The quantitative estimate of drug-likeness (QED) is 0.775. The first kappa shape index (κ1) is 21.6. The molecule has 2 aromatic carbocycles. The van der Waals surface area contributed by atoms with E-state index >= 15 is 0 Å². The Bertz CT molecular complexity index is 1000. The van der Waals surface area contributed by atoms with Gasteiger partial charge in [-0.15, -0.1) is 0 Å². The van der Waals surface area contributed by atoms with Gasteiger partial charge in [0, 0.05) is 18.8 Å². The summed E-state index contributed by atoms with van der Waals surface area (Å²) in [6.45, 7) is 0.929. The maximum atomic E-state index is 12.8. The summed E-state index contributed by atoms with van der Waals surface area (Å²) in [6, 6.07) is 7.59. The highest BCUT2D eigenvalue weighted by molar-refractivity contribution is 7.89. The number of alkyl halides is 3. The van der Waals surface area contributed by atoms with E-state index in [1.54, 1.807) is 0 Å². The molecule has 29 heavy (non-hydrogen) atoms. The van der Waals surface area contributed by atoms with Crippen LogP contribution in [-0.2, 0) is 20.9 Å². The predicted molar refractivity (Wildman–Crippen MR) is 100 cm³/mol. The van der Waals surface area contributed by atoms with Crippen LogP contribution in [0.25, 0.3) is 0 Å². The molecule has 0 aliphatic carbocycles. The normalized spacial score (nSPS) is 15.9. The second-order valence-corrected chi connectivity index (χ2v) is 8.53. The minimum absolute atomic E-state index is 0.00957. The van der Waals surface area contributed by atoms with Crippen LogP contribution in [-0.4, -0.2) is 44.9 Å². The van der Waals surface area contributed by atoms with Crippen molar-refractivity contribution in [2.75, 3.05) is 31.6 Å². The van der Waals surface area contributed by atoms with E-state index in [4.69, 9.17) is 16.3 Å². The van der Waals surface area contributed by atoms with Gasteiger partial charge in [0.05, 0.1) is 34.3 Å². The van der Waals surface area contributed by atoms with E-state index in [2.05, 4.69) is 5.32 Å². The van der Waals surface area contributed by atoms with Gasteiger partial charge in [-0.3, -0.25) is 4.79 Å². The number of ether oxygens (including phenoxy) is 1. The van der Waals surface area contributed by atoms with E-state index in [-0.39, 0.29) is 47.5 Å². The summed E-state index contributed by atoms with van der Waals surface area (Å²) >= 11 is 6.04. The van der Waals surface area contributed by atoms with Crippen LogP contribution < -0.4 is 5.32 Å². The van der Waals surface area contributed by atoms with Gasteiger partial charge in [-0.2, -0.15) is 17.5 Å². The average molecular weight is 449 g/mol. The first-order chi connectivity index (χ1) is 13.6. The van der Waals surface area contributed by atoms with Crippen LogP contribution in [0.3, 0.4) is 0 Å². The second kappa shape index (κ2) is 8.31. The average Bonchev–Trinajstić information content (AvgIpc) is 2.68. The Morgan fingerprint density at radius 3 is 2.28 bits per heavy atom. The van der Waals surface area contributed by atoms with Gasteiger partial charge in [0.2, 0.25) is 10.0 Å². The van der Waals surface area contributed by atoms with Crippen LogP contribution >= 0.6 is 11.6 Å². The largest absolute Gasteiger partial charge is 0.416 e. The third kappa shape index (κ3) is 4.89. The van der Waals surface area contributed by atoms with Crippen molar-refractivity contribution in [2.45, 2.75) is 11.1 Å². The fourth-order valence-corrected chi connectivity index (χ4v) is 4.35. The van der Waals surface area contributed by atoms with Crippen molar-refractivity contribution in [3.63, 3.8) is 0 Å². The molecule has 1 heterocycles. The molecular formula is C18H16ClF3N2O4S. The fourth-order valence-electron chi connectivity index (χ4n) is 2.72. The molecule has 1 saturated heterocycles. The van der Waals surface area contributed by atoms with Crippen LogP contribution in [0.4, 0.5) is 18.9 Å². The molecule has 2 aromatic rings. The van der Waals surface area contributed by atoms with Crippen LogP contribution in [0, 0.1) is 0 Å². The number of halogens is 4. The maximum Gasteiger partial charge on any atom is 0.416 e. The summed E-state index contributed by atoms with van der Waals surface area (Å²) in [5.74, 6) is -0.742. The molecule has 0 bridgehead atoms. The number of benzene rings is 2. The Labute approximate surface area is 170 Å². The van der Waals surface area contributed by atoms with Gasteiger partial charge >= 0.3 is 6.18 Å². The molecule has 6 nitrogen and oxygen atoms in total. The summed E-state index contributed by atoms with van der Waals surface area (Å²) in [6.07, 6.45) is -4.49. The molecule has 1 aliphatic heterocycles. The van der Waals surface area contributed by atoms with E-state index in [1.807, 2.05) is 0 Å². The van der Waals surface area contributed by atoms with E-state index in [0.29, 0.717) is 0 Å². The molecule has 1 amide bonds. The molecule has 156 valence electrons. The van der Waals surface area contributed by atoms with Crippen molar-refractivity contribution in [3.05, 3.63) is 58.6 Å². The van der Waals surface area contributed by atoms with Crippen molar-refractivity contribution in [3.8, 4) is 0 Å². The zero-order chi connectivity index (χ0) is 21.2. The summed E-state index contributed by atoms with van der Waals surface area (Å²) in [7, 11) is -3.84. The van der Waals surface area contributed by atoms with E-state index in [9.17, 15) is 26.4 Å². The molecule has 11 heteroatoms. The number of morpholine rings is 1. The third-order valence-electron chi connectivity index (χ3n) is 4.26. The summed E-state index contributed by atoms with van der Waals surface area (Å²) in [4.78, 5) is 12.4. The molecule has 3 rings (SSSR count). The number of carbonyl (C=O) groups is 1. The number of hydrogen-bond donors (Lipinski definition) is 1. The molecule has 0 radical (unpaired) electrons. The minimum atomic E-state index is -4.49. The van der Waals surface area contributed by atoms with Gasteiger partial charge in [-0.05, 0) is 42.5 Å². The first-order valence-corrected chi connectivity index (χ1v) is 10.3. The van der Waals surface area contributed by atoms with Crippen LogP contribution in [0.15, 0.2) is 47.4 Å². The van der Waals surface area contributed by atoms with Gasteiger partial charge in [-0.25, -0.2) is 8.42 Å². The predicted octanol–water partition coefficient (Wildman–Crippen LogP) is 3.63. The smallest absolute Gasteiger partial charge is 0.379 e. The molecule has 0 unspecified atom stereocenters. The van der Waals surface area contributed by atoms with Crippen molar-refractivity contribution in [1.82, 2.24) is 4.31 Å². The number of rotatable bonds is 4. The minimum Gasteiger partial charge on any atom is -0.379 e. The van der Waals surface area contributed by atoms with Gasteiger partial charge in [0.25, 0.3) is 5.91 Å². The number of amides is 1. The van der Waals surface area contributed by atoms with Gasteiger partial charge in [-0.1, -0.05) is 11.6 Å². The highest BCUT2D eigenvalue weighted by atomic mass is 35.5. The van der Waals surface area contributed by atoms with Crippen LogP contribution in [0.5, 0.6) is 0 Å². The summed E-state index contributed by atoms with van der Waals surface area (Å²) in [5, 5.41) is 2.43. The van der Waals surface area contributed by atoms with Crippen molar-refractivity contribution in [2.24, 2.45) is 0 Å². The Morgan fingerprint density at radius 2 is 1.69 bits per heavy atom. The topological polar surface area (TPSA) is 75.7 Å². The third-order valence-corrected chi connectivity index (χ3v) is 6.48. The Kier molecular flexibility index (Phi) is 6.18. The second-order valence-electron chi connectivity index (χ2n) is 6.19. The Morgan fingerprint density at radius 1 is 1.07 bits per heavy atom. The van der Waals surface area contributed by atoms with Gasteiger partial charge < -0.3 is 10.1 Å². The first-order valence-electron chi connectivity index (χ1n) is 8.45. The molecular weight excluding hydrogens is 433 g/mol. The standard InChI is InChI=1S/C18H16ClF3N2O4S/c19-16-6-5-14(29(26,27)24-7-9-28-10-8-24)11-15(16)17(25)23-13-3-1-12(2-4-13)18(20,21)22/h1-6,11H,7-10H2,(H,23,25). The van der Waals surface area contributed by atoms with Crippen molar-refractivity contribution in [1.29, 1.82) is 0 Å². The zero-order valence-electron chi connectivity index (χ0n) is 14.9. The van der Waals surface area contributed by atoms with E-state index < -0.39 is 27.7 Å². The molecule has 1 N–H and O–H groups in total. The van der Waals surface area contributed by atoms with Crippen molar-refractivity contribution >= 4 is 33.2 Å². The molecule has 1 fully saturated rings. The summed E-state index contributed by atoms with van der Waals surface area (Å²) < 4.78 is 69.8. The van der Waals surface area contributed by atoms with Crippen LogP contribution in [0.2, 0.25) is 5.02 Å². The number of anilines is 1. The molecule has 0 atom stereocenters. The van der Waals surface area contributed by atoms with Gasteiger partial charge in [0.1, 0.15) is 0 Å². The van der Waals surface area contributed by atoms with Crippen molar-refractivity contribution < 1.29 is 31.1 Å². The number of carbonyl (C=O) groups excluding carboxylic acids is 1. The number of nitrogens with zero attached hydrogens (tertiary/aromatic N) is 1. The SMILES string of the molecule is O=C(Nc1ccc(C(F)(F)F)cc1)c1cc(S(=O)(=O)N2CCOCC2)ccc1Cl. The number of nitrogens with one attached hydrogen (secondary N) is 1. The van der Waals surface area contributed by atoms with Gasteiger partial charge in [0.15, 0.2) is 0 Å². The number of hydrogen-bond acceptors (Lipinski definition) is 4. The summed E-state index contributed by atoms with van der Waals surface area (Å²) in [5.41, 5.74) is -0.853. The molecule has 0 aromatic heterocycles. The zero-order valence-corrected chi connectivity index (χ0v) is 16.4. The Balaban J connectivity index is 1.83. The lowest BCUT2D eigenvalue weighted by atomic mass is 10.1. The van der Waals surface area contributed by atoms with E-state index in [0.717, 1.165) is 30.3 Å². The van der Waals surface area contributed by atoms with Crippen LogP contribution in [0.1, 0.15) is 15.9 Å². The maximum absolute atomic E-state index is 12.8. The molecule has 0 saturated carbocycles.